The molecule has 0 bridgehead atoms. The van der Waals surface area contributed by atoms with Crippen LogP contribution in [0.25, 0.3) is 10.9 Å². The Morgan fingerprint density at radius 1 is 1.24 bits per heavy atom. The van der Waals surface area contributed by atoms with Crippen molar-refractivity contribution in [3.8, 4) is 0 Å². The summed E-state index contributed by atoms with van der Waals surface area (Å²) in [6.45, 7) is 4.60. The molecule has 0 saturated carbocycles. The number of rotatable bonds is 5. The molecule has 1 nitrogen and oxygen atoms in total. The fourth-order valence-corrected chi connectivity index (χ4v) is 3.48. The Bertz CT molecular complexity index is 487. The number of nitrogens with zero attached hydrogens (tertiary/aromatic N) is 1. The molecule has 1 heterocycles. The Balaban J connectivity index is 2.24. The van der Waals surface area contributed by atoms with Gasteiger partial charge >= 0.3 is 0 Å². The number of aromatic nitrogens is 1. The maximum Gasteiger partial charge on any atom is 0.0811 e. The van der Waals surface area contributed by atoms with Crippen LogP contribution >= 0.6 is 22.6 Å². The molecule has 0 aliphatic heterocycles. The summed E-state index contributed by atoms with van der Waals surface area (Å²) in [5.41, 5.74) is 1.38. The zero-order chi connectivity index (χ0) is 12.3. The van der Waals surface area contributed by atoms with Gasteiger partial charge in [0, 0.05) is 16.9 Å². The second-order valence-electron chi connectivity index (χ2n) is 4.74. The van der Waals surface area contributed by atoms with Crippen LogP contribution in [0.15, 0.2) is 30.3 Å². The van der Waals surface area contributed by atoms with Gasteiger partial charge in [-0.2, -0.15) is 0 Å². The number of para-hydroxylation sites is 1. The summed E-state index contributed by atoms with van der Waals surface area (Å²) in [5.74, 6) is 0. The van der Waals surface area contributed by atoms with Crippen LogP contribution < -0.4 is 0 Å². The van der Waals surface area contributed by atoms with Gasteiger partial charge in [0.05, 0.1) is 3.70 Å². The van der Waals surface area contributed by atoms with Crippen molar-refractivity contribution in [1.82, 2.24) is 4.57 Å². The van der Waals surface area contributed by atoms with Crippen molar-refractivity contribution in [2.45, 2.75) is 45.6 Å². The third kappa shape index (κ3) is 2.84. The maximum absolute atomic E-state index is 2.48. The van der Waals surface area contributed by atoms with Crippen LogP contribution in [0.5, 0.6) is 0 Å². The van der Waals surface area contributed by atoms with Crippen LogP contribution in [-0.4, -0.2) is 4.57 Å². The van der Waals surface area contributed by atoms with Crippen molar-refractivity contribution in [3.63, 3.8) is 0 Å². The largest absolute Gasteiger partial charge is 0.333 e. The van der Waals surface area contributed by atoms with E-state index in [9.17, 15) is 0 Å². The van der Waals surface area contributed by atoms with E-state index in [-0.39, 0.29) is 0 Å². The molecule has 0 saturated heterocycles. The summed E-state index contributed by atoms with van der Waals surface area (Å²) in [7, 11) is 0. The second kappa shape index (κ2) is 5.89. The first-order valence-electron chi connectivity index (χ1n) is 6.49. The predicted octanol–water partition coefficient (Wildman–Crippen LogP) is 5.39. The molecule has 2 heteroatoms. The fraction of sp³-hybridized carbons (Fsp3) is 0.467. The molecule has 2 aromatic rings. The highest BCUT2D eigenvalue weighted by Crippen LogP contribution is 2.27. The molecule has 0 aliphatic carbocycles. The minimum atomic E-state index is 0.605. The van der Waals surface area contributed by atoms with Gasteiger partial charge in [0.15, 0.2) is 0 Å². The Morgan fingerprint density at radius 2 is 2.00 bits per heavy atom. The maximum atomic E-state index is 2.48. The molecule has 17 heavy (non-hydrogen) atoms. The van der Waals surface area contributed by atoms with Crippen molar-refractivity contribution >= 4 is 33.5 Å². The molecule has 1 unspecified atom stereocenters. The lowest BCUT2D eigenvalue weighted by molar-refractivity contribution is 0.483. The van der Waals surface area contributed by atoms with Crippen molar-refractivity contribution in [1.29, 1.82) is 0 Å². The lowest BCUT2D eigenvalue weighted by Crippen LogP contribution is -2.06. The quantitative estimate of drug-likeness (QED) is 0.508. The highest BCUT2D eigenvalue weighted by molar-refractivity contribution is 14.1. The molecular formula is C15H20IN. The van der Waals surface area contributed by atoms with Gasteiger partial charge in [-0.3, -0.25) is 0 Å². The van der Waals surface area contributed by atoms with Gasteiger partial charge in [0.25, 0.3) is 0 Å². The topological polar surface area (TPSA) is 4.93 Å². The Morgan fingerprint density at radius 3 is 2.76 bits per heavy atom. The average Bonchev–Trinajstić information content (AvgIpc) is 2.65. The van der Waals surface area contributed by atoms with E-state index in [0.29, 0.717) is 6.04 Å². The van der Waals surface area contributed by atoms with E-state index in [1.165, 1.54) is 40.3 Å². The molecule has 1 atom stereocenters. The van der Waals surface area contributed by atoms with Crippen molar-refractivity contribution in [2.24, 2.45) is 0 Å². The standard InChI is InChI=1S/C15H20IN/c1-3-4-5-8-12(2)17-14-10-7-6-9-13(14)11-15(17)16/h6-7,9-12H,3-5,8H2,1-2H3. The lowest BCUT2D eigenvalue weighted by atomic mass is 10.1. The monoisotopic (exact) mass is 341 g/mol. The summed E-state index contributed by atoms with van der Waals surface area (Å²) in [5, 5.41) is 1.36. The summed E-state index contributed by atoms with van der Waals surface area (Å²) in [4.78, 5) is 0. The van der Waals surface area contributed by atoms with Gasteiger partial charge in [0.2, 0.25) is 0 Å². The Kier molecular flexibility index (Phi) is 4.48. The van der Waals surface area contributed by atoms with Crippen LogP contribution in [0, 0.1) is 3.70 Å². The molecule has 0 spiro atoms. The predicted molar refractivity (Wildman–Crippen MR) is 83.5 cm³/mol. The molecule has 1 aromatic carbocycles. The number of fused-ring (bicyclic) bond motifs is 1. The number of hydrogen-bond donors (Lipinski definition) is 0. The minimum absolute atomic E-state index is 0.605. The number of unbranched alkanes of at least 4 members (excludes halogenated alkanes) is 2. The van der Waals surface area contributed by atoms with Crippen LogP contribution in [0.1, 0.15) is 45.6 Å². The highest BCUT2D eigenvalue weighted by Gasteiger charge is 2.11. The molecule has 2 rings (SSSR count). The van der Waals surface area contributed by atoms with Crippen molar-refractivity contribution in [2.75, 3.05) is 0 Å². The third-order valence-electron chi connectivity index (χ3n) is 3.37. The van der Waals surface area contributed by atoms with E-state index in [1.807, 2.05) is 0 Å². The molecule has 0 radical (unpaired) electrons. The van der Waals surface area contributed by atoms with Gasteiger partial charge in [0.1, 0.15) is 0 Å². The van der Waals surface area contributed by atoms with E-state index in [4.69, 9.17) is 0 Å². The Labute approximate surface area is 117 Å². The summed E-state index contributed by atoms with van der Waals surface area (Å²) in [6, 6.07) is 11.6. The van der Waals surface area contributed by atoms with Crippen LogP contribution in [-0.2, 0) is 0 Å². The summed E-state index contributed by atoms with van der Waals surface area (Å²) in [6.07, 6.45) is 5.26. The van der Waals surface area contributed by atoms with Crippen molar-refractivity contribution in [3.05, 3.63) is 34.0 Å². The van der Waals surface area contributed by atoms with E-state index in [1.54, 1.807) is 0 Å². The molecule has 0 aliphatic rings. The van der Waals surface area contributed by atoms with Gasteiger partial charge in [-0.1, -0.05) is 44.4 Å². The van der Waals surface area contributed by atoms with E-state index < -0.39 is 0 Å². The SMILES string of the molecule is CCCCCC(C)n1c(I)cc2ccccc21. The van der Waals surface area contributed by atoms with Crippen LogP contribution in [0.2, 0.25) is 0 Å². The molecule has 1 aromatic heterocycles. The molecular weight excluding hydrogens is 321 g/mol. The number of benzene rings is 1. The van der Waals surface area contributed by atoms with E-state index in [2.05, 4.69) is 71.3 Å². The number of hydrogen-bond acceptors (Lipinski definition) is 0. The molecule has 0 N–H and O–H groups in total. The first-order chi connectivity index (χ1) is 8.24. The van der Waals surface area contributed by atoms with Gasteiger partial charge in [-0.05, 0) is 48.1 Å². The average molecular weight is 341 g/mol. The van der Waals surface area contributed by atoms with Crippen LogP contribution in [0.4, 0.5) is 0 Å². The van der Waals surface area contributed by atoms with Gasteiger partial charge in [-0.15, -0.1) is 0 Å². The molecule has 0 amide bonds. The normalized spacial score (nSPS) is 13.1. The molecule has 92 valence electrons. The highest BCUT2D eigenvalue weighted by atomic mass is 127. The second-order valence-corrected chi connectivity index (χ2v) is 5.85. The smallest absolute Gasteiger partial charge is 0.0811 e. The van der Waals surface area contributed by atoms with Gasteiger partial charge in [-0.25, -0.2) is 0 Å². The Hall–Kier alpha value is -0.510. The van der Waals surface area contributed by atoms with Crippen molar-refractivity contribution < 1.29 is 0 Å². The first-order valence-corrected chi connectivity index (χ1v) is 7.57. The van der Waals surface area contributed by atoms with Gasteiger partial charge < -0.3 is 4.57 Å². The number of halogens is 1. The summed E-state index contributed by atoms with van der Waals surface area (Å²) < 4.78 is 3.83. The minimum Gasteiger partial charge on any atom is -0.333 e. The zero-order valence-corrected chi connectivity index (χ0v) is 12.8. The van der Waals surface area contributed by atoms with Crippen LogP contribution in [0.3, 0.4) is 0 Å². The lowest BCUT2D eigenvalue weighted by Gasteiger charge is -2.16. The summed E-state index contributed by atoms with van der Waals surface area (Å²) >= 11 is 2.45. The van der Waals surface area contributed by atoms with E-state index in [0.717, 1.165) is 0 Å². The fourth-order valence-electron chi connectivity index (χ4n) is 2.41. The van der Waals surface area contributed by atoms with E-state index >= 15 is 0 Å². The zero-order valence-electron chi connectivity index (χ0n) is 10.6. The first kappa shape index (κ1) is 12.9. The third-order valence-corrected chi connectivity index (χ3v) is 4.20. The molecule has 0 fully saturated rings.